The number of fused-ring (bicyclic) bond motifs is 8. The number of hydrogen-bond acceptors (Lipinski definition) is 5. The minimum Gasteiger partial charge on any atom is -0.656 e. The first-order valence-electron chi connectivity index (χ1n) is 19.6. The number of nitrogens with zero attached hydrogens (tertiary/aromatic N) is 7. The maximum Gasteiger partial charge on any atom is 2.00 e. The molecule has 0 aliphatic carbocycles. The van der Waals surface area contributed by atoms with Crippen LogP contribution in [0.4, 0.5) is 0 Å². The maximum atomic E-state index is 5.25. The first kappa shape index (κ1) is 39.6. The summed E-state index contributed by atoms with van der Waals surface area (Å²) < 4.78 is 0. The van der Waals surface area contributed by atoms with E-state index in [1.54, 1.807) is 18.6 Å². The van der Waals surface area contributed by atoms with Crippen molar-refractivity contribution in [2.45, 2.75) is 58.3 Å². The van der Waals surface area contributed by atoms with Gasteiger partial charge >= 0.3 is 19.5 Å². The van der Waals surface area contributed by atoms with Crippen LogP contribution in [0.25, 0.3) is 46.4 Å². The SMILES string of the molecule is CCCCCCCCCc1c2nc(c(C#Cc3ccccn3)c3ccc([n-]3)c(C#Cc3ccccn3)c3ccc([n-]3)c(C#Cc3ccccn3)c3nc1C=C3)C=C2.[Zn+2]. The zero-order chi connectivity index (χ0) is 38.7. The van der Waals surface area contributed by atoms with Crippen LogP contribution in [0, 0.1) is 35.5 Å². The van der Waals surface area contributed by atoms with Gasteiger partial charge in [-0.1, -0.05) is 106 Å². The van der Waals surface area contributed by atoms with E-state index in [0.717, 1.165) is 47.6 Å². The molecule has 58 heavy (non-hydrogen) atoms. The summed E-state index contributed by atoms with van der Waals surface area (Å²) in [6.45, 7) is 2.25. The molecule has 7 nitrogen and oxygen atoms in total. The molecule has 6 aromatic rings. The van der Waals surface area contributed by atoms with E-state index >= 15 is 0 Å². The summed E-state index contributed by atoms with van der Waals surface area (Å²) >= 11 is 0. The van der Waals surface area contributed by atoms with Gasteiger partial charge in [0.1, 0.15) is 17.1 Å². The second kappa shape index (κ2) is 19.5. The third-order valence-electron chi connectivity index (χ3n) is 9.69. The Balaban J connectivity index is 0.00000512. The van der Waals surface area contributed by atoms with Crippen molar-refractivity contribution in [2.75, 3.05) is 0 Å². The number of pyridine rings is 3. The Morgan fingerprint density at radius 1 is 0.431 bits per heavy atom. The summed E-state index contributed by atoms with van der Waals surface area (Å²) in [5, 5.41) is 0. The molecule has 0 atom stereocenters. The van der Waals surface area contributed by atoms with Crippen LogP contribution >= 0.6 is 0 Å². The van der Waals surface area contributed by atoms with Crippen LogP contribution in [-0.4, -0.2) is 24.9 Å². The molecule has 8 rings (SSSR count). The van der Waals surface area contributed by atoms with Crippen LogP contribution in [0.2, 0.25) is 0 Å². The van der Waals surface area contributed by atoms with Gasteiger partial charge in [0.2, 0.25) is 0 Å². The fourth-order valence-corrected chi connectivity index (χ4v) is 6.73. The monoisotopic (exact) mass is 801 g/mol. The van der Waals surface area contributed by atoms with Crippen molar-refractivity contribution in [1.29, 1.82) is 0 Å². The fourth-order valence-electron chi connectivity index (χ4n) is 6.73. The van der Waals surface area contributed by atoms with Crippen molar-refractivity contribution in [3.63, 3.8) is 0 Å². The van der Waals surface area contributed by atoms with Crippen LogP contribution in [0.3, 0.4) is 0 Å². The Bertz CT molecular complexity index is 2660. The van der Waals surface area contributed by atoms with Crippen molar-refractivity contribution in [2.24, 2.45) is 0 Å². The van der Waals surface area contributed by atoms with Crippen LogP contribution < -0.4 is 9.97 Å². The van der Waals surface area contributed by atoms with E-state index < -0.39 is 0 Å². The average molecular weight is 803 g/mol. The smallest absolute Gasteiger partial charge is 0.656 e. The summed E-state index contributed by atoms with van der Waals surface area (Å²) in [6.07, 6.45) is 22.8. The first-order chi connectivity index (χ1) is 28.2. The van der Waals surface area contributed by atoms with E-state index in [0.29, 0.717) is 55.8 Å². The van der Waals surface area contributed by atoms with E-state index in [2.05, 4.69) is 69.6 Å². The molecule has 0 N–H and O–H groups in total. The molecule has 8 bridgehead atoms. The third-order valence-corrected chi connectivity index (χ3v) is 9.69. The molecule has 8 heteroatoms. The third kappa shape index (κ3) is 9.65. The Hall–Kier alpha value is -6.65. The average Bonchev–Trinajstić information content (AvgIpc) is 4.10. The quantitative estimate of drug-likeness (QED) is 0.0859. The fraction of sp³-hybridized carbons (Fsp3) is 0.180. The Morgan fingerprint density at radius 2 is 0.828 bits per heavy atom. The first-order valence-corrected chi connectivity index (χ1v) is 19.6. The van der Waals surface area contributed by atoms with E-state index in [1.807, 2.05) is 91.0 Å². The van der Waals surface area contributed by atoms with Gasteiger partial charge in [-0.3, -0.25) is 0 Å². The van der Waals surface area contributed by atoms with Gasteiger partial charge in [0.05, 0.1) is 22.8 Å². The van der Waals surface area contributed by atoms with Gasteiger partial charge in [-0.05, 0) is 96.9 Å². The minimum absolute atomic E-state index is 0. The number of hydrogen-bond donors (Lipinski definition) is 0. The predicted octanol–water partition coefficient (Wildman–Crippen LogP) is 9.59. The van der Waals surface area contributed by atoms with Gasteiger partial charge in [-0.15, -0.1) is 22.1 Å². The van der Waals surface area contributed by atoms with Crippen molar-refractivity contribution in [3.8, 4) is 35.5 Å². The van der Waals surface area contributed by atoms with Gasteiger partial charge < -0.3 is 9.97 Å². The number of unbranched alkanes of at least 4 members (excludes halogenated alkanes) is 6. The summed E-state index contributed by atoms with van der Waals surface area (Å²) in [7, 11) is 0. The van der Waals surface area contributed by atoms with Gasteiger partial charge in [0.15, 0.2) is 0 Å². The zero-order valence-corrected chi connectivity index (χ0v) is 35.5. The standard InChI is InChI=1S/C50H39N7.Zn/c1-2-3-4-5-6-7-8-18-39-43-25-27-45(54-43)40(22-19-36-15-9-12-33-51-36)47-29-31-49(56-47)42(24-21-38-17-11-14-35-53-38)50-32-30-48(57-50)41(46-28-26-44(39)55-46)23-20-37-16-10-13-34-52-37;/h9-17,25-35H,2-8,18H2,1H3;/q-2;+2. The summed E-state index contributed by atoms with van der Waals surface area (Å²) in [5.41, 5.74) is 11.0. The van der Waals surface area contributed by atoms with E-state index in [1.165, 1.54) is 32.1 Å². The Morgan fingerprint density at radius 3 is 1.26 bits per heavy atom. The predicted molar refractivity (Wildman–Crippen MR) is 229 cm³/mol. The van der Waals surface area contributed by atoms with Crippen molar-refractivity contribution < 1.29 is 19.5 Å². The van der Waals surface area contributed by atoms with Gasteiger partial charge in [0, 0.05) is 35.3 Å². The number of rotatable bonds is 8. The maximum absolute atomic E-state index is 5.25. The molecule has 2 aliphatic heterocycles. The van der Waals surface area contributed by atoms with Gasteiger partial charge in [-0.2, -0.15) is 0 Å². The van der Waals surface area contributed by atoms with Crippen LogP contribution in [0.5, 0.6) is 0 Å². The topological polar surface area (TPSA) is 92.7 Å². The molecule has 0 amide bonds. The Labute approximate surface area is 352 Å². The molecular weight excluding hydrogens is 764 g/mol. The molecule has 0 fully saturated rings. The van der Waals surface area contributed by atoms with E-state index in [4.69, 9.17) is 19.9 Å². The van der Waals surface area contributed by atoms with E-state index in [9.17, 15) is 0 Å². The molecule has 0 aromatic carbocycles. The molecule has 6 aromatic heterocycles. The van der Waals surface area contributed by atoms with Gasteiger partial charge in [0.25, 0.3) is 0 Å². The second-order valence-electron chi connectivity index (χ2n) is 13.7. The summed E-state index contributed by atoms with van der Waals surface area (Å²) in [6, 6.07) is 25.0. The zero-order valence-electron chi connectivity index (χ0n) is 32.5. The molecule has 8 heterocycles. The summed E-state index contributed by atoms with van der Waals surface area (Å²) in [5.74, 6) is 19.9. The van der Waals surface area contributed by atoms with Crippen molar-refractivity contribution >= 4 is 46.4 Å². The molecule has 0 saturated carbocycles. The molecule has 0 spiro atoms. The Kier molecular flexibility index (Phi) is 13.3. The van der Waals surface area contributed by atoms with Crippen molar-refractivity contribution in [1.82, 2.24) is 34.9 Å². The number of aromatic nitrogens is 7. The van der Waals surface area contributed by atoms with E-state index in [-0.39, 0.29) is 19.5 Å². The van der Waals surface area contributed by atoms with Crippen LogP contribution in [0.15, 0.2) is 97.5 Å². The second-order valence-corrected chi connectivity index (χ2v) is 13.7. The molecule has 0 radical (unpaired) electrons. The molecule has 0 saturated heterocycles. The normalized spacial score (nSPS) is 11.1. The van der Waals surface area contributed by atoms with Gasteiger partial charge in [-0.25, -0.2) is 24.9 Å². The molecule has 2 aliphatic rings. The largest absolute Gasteiger partial charge is 2.00 e. The van der Waals surface area contributed by atoms with Crippen LogP contribution in [-0.2, 0) is 25.9 Å². The molecule has 276 valence electrons. The summed E-state index contributed by atoms with van der Waals surface area (Å²) in [4.78, 5) is 34.1. The van der Waals surface area contributed by atoms with Crippen molar-refractivity contribution in [3.05, 3.63) is 160 Å². The molecular formula is C50H39N7Zn. The molecule has 0 unspecified atom stereocenters. The van der Waals surface area contributed by atoms with Crippen LogP contribution in [0.1, 0.15) is 114 Å². The minimum atomic E-state index is 0.